The van der Waals surface area contributed by atoms with E-state index in [1.54, 1.807) is 28.7 Å². The van der Waals surface area contributed by atoms with Gasteiger partial charge in [0.25, 0.3) is 5.91 Å². The summed E-state index contributed by atoms with van der Waals surface area (Å²) in [5.74, 6) is -0.513. The third kappa shape index (κ3) is 5.37. The van der Waals surface area contributed by atoms with E-state index in [4.69, 9.17) is 0 Å². The van der Waals surface area contributed by atoms with Crippen LogP contribution in [0.5, 0.6) is 0 Å². The normalized spacial score (nSPS) is 15.2. The Bertz CT molecular complexity index is 1020. The minimum atomic E-state index is -0.818. The van der Waals surface area contributed by atoms with Crippen LogP contribution in [-0.4, -0.2) is 37.3 Å². The molecule has 1 N–H and O–H groups in total. The molecule has 2 amide bonds. The molecule has 1 unspecified atom stereocenters. The van der Waals surface area contributed by atoms with Crippen molar-refractivity contribution in [3.05, 3.63) is 76.6 Å². The van der Waals surface area contributed by atoms with Crippen molar-refractivity contribution in [2.24, 2.45) is 0 Å². The Morgan fingerprint density at radius 3 is 2.59 bits per heavy atom. The average Bonchev–Trinajstić information content (AvgIpc) is 3.36. The number of hydrogen-bond donors (Lipinski definition) is 1. The first-order valence-electron chi connectivity index (χ1n) is 11.0. The van der Waals surface area contributed by atoms with E-state index in [1.165, 1.54) is 6.42 Å². The van der Waals surface area contributed by atoms with Crippen molar-refractivity contribution in [2.45, 2.75) is 57.7 Å². The minimum absolute atomic E-state index is 0.132. The van der Waals surface area contributed by atoms with Crippen LogP contribution in [-0.2, 0) is 11.3 Å². The van der Waals surface area contributed by atoms with Gasteiger partial charge in [-0.3, -0.25) is 14.6 Å². The van der Waals surface area contributed by atoms with Crippen molar-refractivity contribution in [1.29, 1.82) is 0 Å². The number of pyridine rings is 1. The molecule has 1 aliphatic carbocycles. The summed E-state index contributed by atoms with van der Waals surface area (Å²) in [5, 5.41) is 8.79. The van der Waals surface area contributed by atoms with Crippen LogP contribution in [0.1, 0.15) is 65.3 Å². The molecular weight excluding hydrogens is 422 g/mol. The van der Waals surface area contributed by atoms with E-state index in [1.807, 2.05) is 37.3 Å². The average molecular weight is 450 g/mol. The van der Waals surface area contributed by atoms with Crippen LogP contribution in [0.25, 0.3) is 0 Å². The van der Waals surface area contributed by atoms with Crippen LogP contribution >= 0.6 is 11.5 Å². The topological polar surface area (TPSA) is 88.1 Å². The largest absolute Gasteiger partial charge is 0.351 e. The molecule has 3 aromatic rings. The Balaban J connectivity index is 1.70. The molecule has 166 valence electrons. The highest BCUT2D eigenvalue weighted by molar-refractivity contribution is 7.03. The summed E-state index contributed by atoms with van der Waals surface area (Å²) in [7, 11) is 0. The van der Waals surface area contributed by atoms with Crippen molar-refractivity contribution in [3.63, 3.8) is 0 Å². The van der Waals surface area contributed by atoms with E-state index in [2.05, 4.69) is 19.9 Å². The molecule has 8 heteroatoms. The first-order valence-corrected chi connectivity index (χ1v) is 11.8. The van der Waals surface area contributed by atoms with Crippen LogP contribution < -0.4 is 5.32 Å². The fourth-order valence-corrected chi connectivity index (χ4v) is 4.54. The van der Waals surface area contributed by atoms with Gasteiger partial charge in [-0.1, -0.05) is 59.6 Å². The second-order valence-corrected chi connectivity index (χ2v) is 8.85. The fourth-order valence-electron chi connectivity index (χ4n) is 4.11. The molecule has 2 heterocycles. The Morgan fingerprint density at radius 2 is 1.94 bits per heavy atom. The van der Waals surface area contributed by atoms with Crippen LogP contribution in [0.3, 0.4) is 0 Å². The number of carbonyl (C=O) groups is 2. The number of rotatable bonds is 7. The Kier molecular flexibility index (Phi) is 7.21. The van der Waals surface area contributed by atoms with E-state index in [-0.39, 0.29) is 30.1 Å². The first-order chi connectivity index (χ1) is 15.6. The lowest BCUT2D eigenvalue weighted by atomic mass is 9.94. The van der Waals surface area contributed by atoms with E-state index in [0.29, 0.717) is 5.56 Å². The Hall–Kier alpha value is -3.13. The van der Waals surface area contributed by atoms with Crippen LogP contribution in [0.4, 0.5) is 0 Å². The van der Waals surface area contributed by atoms with Crippen molar-refractivity contribution >= 4 is 23.3 Å². The molecule has 1 fully saturated rings. The van der Waals surface area contributed by atoms with Gasteiger partial charge in [0, 0.05) is 35.9 Å². The van der Waals surface area contributed by atoms with Gasteiger partial charge >= 0.3 is 0 Å². The van der Waals surface area contributed by atoms with Gasteiger partial charge in [0.1, 0.15) is 6.04 Å². The van der Waals surface area contributed by atoms with Gasteiger partial charge in [-0.15, -0.1) is 5.10 Å². The molecule has 0 saturated heterocycles. The van der Waals surface area contributed by atoms with Crippen LogP contribution in [0, 0.1) is 6.92 Å². The van der Waals surface area contributed by atoms with Crippen LogP contribution in [0.15, 0.2) is 54.2 Å². The van der Waals surface area contributed by atoms with Gasteiger partial charge in [0.2, 0.25) is 5.91 Å². The molecule has 2 aromatic heterocycles. The van der Waals surface area contributed by atoms with Gasteiger partial charge in [-0.25, -0.2) is 0 Å². The molecule has 0 aliphatic heterocycles. The smallest absolute Gasteiger partial charge is 0.276 e. The maximum Gasteiger partial charge on any atom is 0.276 e. The quantitative estimate of drug-likeness (QED) is 0.587. The third-order valence-electron chi connectivity index (χ3n) is 5.83. The predicted molar refractivity (Wildman–Crippen MR) is 123 cm³/mol. The summed E-state index contributed by atoms with van der Waals surface area (Å²) < 4.78 is 3.85. The lowest BCUT2D eigenvalue weighted by molar-refractivity contribution is -0.127. The number of amides is 2. The summed E-state index contributed by atoms with van der Waals surface area (Å²) in [6, 6.07) is 10.9. The molecule has 7 nitrogen and oxygen atoms in total. The number of nitrogens with zero attached hydrogens (tertiary/aromatic N) is 4. The third-order valence-corrected chi connectivity index (χ3v) is 6.33. The molecular formula is C24H27N5O2S. The summed E-state index contributed by atoms with van der Waals surface area (Å²) in [6.45, 7) is 2.29. The summed E-state index contributed by atoms with van der Waals surface area (Å²) >= 11 is 1.12. The SMILES string of the molecule is Cc1ccc(CN(C(=O)c2csnn2)C(C(=O)NC2CCCCC2)c2cccnc2)cc1. The molecule has 1 atom stereocenters. The zero-order chi connectivity index (χ0) is 22.3. The van der Waals surface area contributed by atoms with Crippen molar-refractivity contribution in [1.82, 2.24) is 24.8 Å². The predicted octanol–water partition coefficient (Wildman–Crippen LogP) is 4.07. The van der Waals surface area contributed by atoms with Gasteiger partial charge in [-0.05, 0) is 42.9 Å². The number of hydrogen-bond acceptors (Lipinski definition) is 6. The molecule has 32 heavy (non-hydrogen) atoms. The molecule has 0 spiro atoms. The zero-order valence-electron chi connectivity index (χ0n) is 18.1. The van der Waals surface area contributed by atoms with Gasteiger partial charge in [0.15, 0.2) is 5.69 Å². The summed E-state index contributed by atoms with van der Waals surface area (Å²) in [4.78, 5) is 32.9. The van der Waals surface area contributed by atoms with E-state index < -0.39 is 6.04 Å². The van der Waals surface area contributed by atoms with Gasteiger partial charge in [0.05, 0.1) is 0 Å². The lowest BCUT2D eigenvalue weighted by Crippen LogP contribution is -2.47. The molecule has 1 saturated carbocycles. The van der Waals surface area contributed by atoms with Crippen molar-refractivity contribution < 1.29 is 9.59 Å². The molecule has 0 bridgehead atoms. The summed E-state index contributed by atoms with van der Waals surface area (Å²) in [5.41, 5.74) is 2.98. The Labute approximate surface area is 192 Å². The van der Waals surface area contributed by atoms with Crippen molar-refractivity contribution in [2.75, 3.05) is 0 Å². The standard InChI is InChI=1S/C24H27N5O2S/c1-17-9-11-18(12-10-17)15-29(24(31)21-16-32-28-27-21)22(19-6-5-13-25-14-19)23(30)26-20-7-3-2-4-8-20/h5-6,9-14,16,20,22H,2-4,7-8,15H2,1H3,(H,26,30). The second kappa shape index (κ2) is 10.5. The second-order valence-electron chi connectivity index (χ2n) is 8.24. The maximum absolute atomic E-state index is 13.6. The van der Waals surface area contributed by atoms with E-state index in [0.717, 1.165) is 48.3 Å². The minimum Gasteiger partial charge on any atom is -0.351 e. The molecule has 0 radical (unpaired) electrons. The number of benzene rings is 1. The Morgan fingerprint density at radius 1 is 1.16 bits per heavy atom. The number of aromatic nitrogens is 3. The lowest BCUT2D eigenvalue weighted by Gasteiger charge is -2.33. The van der Waals surface area contributed by atoms with E-state index in [9.17, 15) is 9.59 Å². The zero-order valence-corrected chi connectivity index (χ0v) is 18.9. The highest BCUT2D eigenvalue weighted by atomic mass is 32.1. The van der Waals surface area contributed by atoms with Crippen LogP contribution in [0.2, 0.25) is 0 Å². The molecule has 1 aliphatic rings. The number of nitrogens with one attached hydrogen (secondary N) is 1. The van der Waals surface area contributed by atoms with Gasteiger partial charge in [-0.2, -0.15) is 0 Å². The first kappa shape index (κ1) is 22.1. The highest BCUT2D eigenvalue weighted by Gasteiger charge is 2.34. The fraction of sp³-hybridized carbons (Fsp3) is 0.375. The monoisotopic (exact) mass is 449 g/mol. The van der Waals surface area contributed by atoms with E-state index >= 15 is 0 Å². The highest BCUT2D eigenvalue weighted by Crippen LogP contribution is 2.27. The van der Waals surface area contributed by atoms with Crippen molar-refractivity contribution in [3.8, 4) is 0 Å². The number of carbonyl (C=O) groups excluding carboxylic acids is 2. The number of aryl methyl sites for hydroxylation is 1. The summed E-state index contributed by atoms with van der Waals surface area (Å²) in [6.07, 6.45) is 8.67. The molecule has 1 aromatic carbocycles. The molecule has 4 rings (SSSR count). The maximum atomic E-state index is 13.6. The van der Waals surface area contributed by atoms with Gasteiger partial charge < -0.3 is 10.2 Å².